The lowest BCUT2D eigenvalue weighted by Crippen LogP contribution is -2.36. The Morgan fingerprint density at radius 1 is 0.935 bits per heavy atom. The van der Waals surface area contributed by atoms with Gasteiger partial charge in [0, 0.05) is 18.0 Å². The summed E-state index contributed by atoms with van der Waals surface area (Å²) in [7, 11) is 1.68. The molecule has 5 rings (SSSR count). The number of nitrogens with zero attached hydrogens (tertiary/aromatic N) is 1. The highest BCUT2D eigenvalue weighted by Gasteiger charge is 2.33. The molecule has 1 amide bonds. The average Bonchev–Trinajstić information content (AvgIpc) is 2.80. The van der Waals surface area contributed by atoms with E-state index in [1.165, 1.54) is 21.9 Å². The molecule has 3 nitrogen and oxygen atoms in total. The van der Waals surface area contributed by atoms with Crippen LogP contribution in [0.4, 0.5) is 5.69 Å². The number of amides is 1. The topological polar surface area (TPSA) is 29.5 Å². The summed E-state index contributed by atoms with van der Waals surface area (Å²) in [4.78, 5) is 15.4. The van der Waals surface area contributed by atoms with E-state index in [2.05, 4.69) is 79.7 Å². The molecular formula is C28H25NO2. The third kappa shape index (κ3) is 3.57. The van der Waals surface area contributed by atoms with Crippen molar-refractivity contribution in [3.63, 3.8) is 0 Å². The molecule has 1 aliphatic rings. The predicted molar refractivity (Wildman–Crippen MR) is 126 cm³/mol. The van der Waals surface area contributed by atoms with Crippen molar-refractivity contribution in [3.05, 3.63) is 107 Å². The molecule has 0 radical (unpaired) electrons. The van der Waals surface area contributed by atoms with E-state index < -0.39 is 0 Å². The zero-order valence-corrected chi connectivity index (χ0v) is 17.8. The lowest BCUT2D eigenvalue weighted by Gasteiger charge is -2.35. The van der Waals surface area contributed by atoms with E-state index in [9.17, 15) is 4.79 Å². The van der Waals surface area contributed by atoms with Crippen LogP contribution >= 0.6 is 0 Å². The SMILES string of the molecule is COc1cccc(C2CC(=O)N(Cc3cccc(C)c3)c3ccc4ccccc4c32)c1. The number of hydrogen-bond donors (Lipinski definition) is 0. The molecule has 0 bridgehead atoms. The fourth-order valence-corrected chi connectivity index (χ4v) is 4.72. The second-order valence-corrected chi connectivity index (χ2v) is 8.22. The molecule has 1 unspecified atom stereocenters. The molecule has 0 spiro atoms. The average molecular weight is 408 g/mol. The molecule has 154 valence electrons. The van der Waals surface area contributed by atoms with Crippen molar-refractivity contribution in [2.75, 3.05) is 12.0 Å². The third-order valence-electron chi connectivity index (χ3n) is 6.19. The molecule has 31 heavy (non-hydrogen) atoms. The van der Waals surface area contributed by atoms with Crippen LogP contribution in [0.2, 0.25) is 0 Å². The van der Waals surface area contributed by atoms with Crippen LogP contribution < -0.4 is 9.64 Å². The molecule has 0 saturated heterocycles. The smallest absolute Gasteiger partial charge is 0.228 e. The molecule has 3 heteroatoms. The number of benzene rings is 4. The number of anilines is 1. The Morgan fingerprint density at radius 3 is 2.61 bits per heavy atom. The fourth-order valence-electron chi connectivity index (χ4n) is 4.72. The Kier molecular flexibility index (Phi) is 4.95. The number of carbonyl (C=O) groups excluding carboxylic acids is 1. The van der Waals surface area contributed by atoms with Crippen LogP contribution in [0.1, 0.15) is 34.6 Å². The minimum atomic E-state index is -0.00235. The maximum atomic E-state index is 13.4. The first kappa shape index (κ1) is 19.4. The maximum absolute atomic E-state index is 13.4. The number of methoxy groups -OCH3 is 1. The van der Waals surface area contributed by atoms with Crippen molar-refractivity contribution in [2.24, 2.45) is 0 Å². The molecule has 1 heterocycles. The summed E-state index contributed by atoms with van der Waals surface area (Å²) in [6.45, 7) is 2.67. The quantitative estimate of drug-likeness (QED) is 0.402. The van der Waals surface area contributed by atoms with Gasteiger partial charge in [-0.1, -0.05) is 72.3 Å². The van der Waals surface area contributed by atoms with Gasteiger partial charge in [-0.2, -0.15) is 0 Å². The van der Waals surface area contributed by atoms with Gasteiger partial charge in [0.1, 0.15) is 5.75 Å². The largest absolute Gasteiger partial charge is 0.497 e. The van der Waals surface area contributed by atoms with Crippen LogP contribution in [-0.4, -0.2) is 13.0 Å². The van der Waals surface area contributed by atoms with E-state index in [0.29, 0.717) is 13.0 Å². The Hall–Kier alpha value is -3.59. The molecule has 0 aliphatic carbocycles. The highest BCUT2D eigenvalue weighted by atomic mass is 16.5. The summed E-state index contributed by atoms with van der Waals surface area (Å²) in [6.07, 6.45) is 0.444. The van der Waals surface area contributed by atoms with E-state index in [4.69, 9.17) is 4.74 Å². The molecule has 0 saturated carbocycles. The van der Waals surface area contributed by atoms with E-state index in [1.54, 1.807) is 7.11 Å². The van der Waals surface area contributed by atoms with Crippen LogP contribution in [0.5, 0.6) is 5.75 Å². The monoisotopic (exact) mass is 407 g/mol. The van der Waals surface area contributed by atoms with Crippen LogP contribution in [0, 0.1) is 6.92 Å². The van der Waals surface area contributed by atoms with Crippen LogP contribution in [0.3, 0.4) is 0 Å². The number of ether oxygens (including phenoxy) is 1. The molecule has 1 aliphatic heterocycles. The van der Waals surface area contributed by atoms with Crippen LogP contribution in [-0.2, 0) is 11.3 Å². The summed E-state index contributed by atoms with van der Waals surface area (Å²) in [5.74, 6) is 0.962. The molecule has 0 aromatic heterocycles. The van der Waals surface area contributed by atoms with Crippen molar-refractivity contribution in [1.82, 2.24) is 0 Å². The summed E-state index contributed by atoms with van der Waals surface area (Å²) >= 11 is 0. The van der Waals surface area contributed by atoms with Gasteiger partial charge in [0.05, 0.1) is 13.7 Å². The van der Waals surface area contributed by atoms with Crippen molar-refractivity contribution in [1.29, 1.82) is 0 Å². The Morgan fingerprint density at radius 2 is 1.77 bits per heavy atom. The van der Waals surface area contributed by atoms with Crippen LogP contribution in [0.15, 0.2) is 84.9 Å². The highest BCUT2D eigenvalue weighted by Crippen LogP contribution is 2.45. The minimum absolute atomic E-state index is 0.00235. The lowest BCUT2D eigenvalue weighted by molar-refractivity contribution is -0.119. The Bertz CT molecular complexity index is 1280. The summed E-state index contributed by atoms with van der Waals surface area (Å²) in [5, 5.41) is 2.40. The van der Waals surface area contributed by atoms with E-state index in [1.807, 2.05) is 17.0 Å². The van der Waals surface area contributed by atoms with Crippen molar-refractivity contribution in [2.45, 2.75) is 25.8 Å². The number of rotatable bonds is 4. The van der Waals surface area contributed by atoms with Gasteiger partial charge < -0.3 is 9.64 Å². The zero-order valence-electron chi connectivity index (χ0n) is 17.8. The molecule has 0 N–H and O–H groups in total. The minimum Gasteiger partial charge on any atom is -0.497 e. The van der Waals surface area contributed by atoms with E-state index in [0.717, 1.165) is 22.6 Å². The first-order valence-corrected chi connectivity index (χ1v) is 10.7. The second kappa shape index (κ2) is 7.92. The number of hydrogen-bond acceptors (Lipinski definition) is 2. The first-order valence-electron chi connectivity index (χ1n) is 10.7. The lowest BCUT2D eigenvalue weighted by atomic mass is 9.81. The first-order chi connectivity index (χ1) is 15.1. The van der Waals surface area contributed by atoms with Gasteiger partial charge in [0.15, 0.2) is 0 Å². The third-order valence-corrected chi connectivity index (χ3v) is 6.19. The predicted octanol–water partition coefficient (Wildman–Crippen LogP) is 6.23. The number of aryl methyl sites for hydroxylation is 1. The molecule has 0 fully saturated rings. The highest BCUT2D eigenvalue weighted by molar-refractivity contribution is 6.03. The maximum Gasteiger partial charge on any atom is 0.228 e. The van der Waals surface area contributed by atoms with Gasteiger partial charge in [0.25, 0.3) is 0 Å². The summed E-state index contributed by atoms with van der Waals surface area (Å²) in [5.41, 5.74) is 5.69. The van der Waals surface area contributed by atoms with Gasteiger partial charge in [-0.3, -0.25) is 4.79 Å². The van der Waals surface area contributed by atoms with E-state index >= 15 is 0 Å². The summed E-state index contributed by atoms with van der Waals surface area (Å²) < 4.78 is 5.46. The van der Waals surface area contributed by atoms with Crippen molar-refractivity contribution < 1.29 is 9.53 Å². The van der Waals surface area contributed by atoms with Gasteiger partial charge in [0.2, 0.25) is 5.91 Å². The van der Waals surface area contributed by atoms with E-state index in [-0.39, 0.29) is 11.8 Å². The standard InChI is InChI=1S/C28H25NO2/c1-19-7-5-8-20(15-19)18-29-26-14-13-21-9-3-4-12-24(21)28(26)25(17-27(29)30)22-10-6-11-23(16-22)31-2/h3-16,25H,17-18H2,1-2H3. The number of carbonyl (C=O) groups is 1. The molecule has 1 atom stereocenters. The number of fused-ring (bicyclic) bond motifs is 3. The normalized spacial score (nSPS) is 15.7. The second-order valence-electron chi connectivity index (χ2n) is 8.22. The van der Waals surface area contributed by atoms with Gasteiger partial charge in [-0.15, -0.1) is 0 Å². The molecular weight excluding hydrogens is 382 g/mol. The molecule has 4 aromatic rings. The van der Waals surface area contributed by atoms with Gasteiger partial charge >= 0.3 is 0 Å². The Balaban J connectivity index is 1.68. The fraction of sp³-hybridized carbons (Fsp3) is 0.179. The molecule has 4 aromatic carbocycles. The van der Waals surface area contributed by atoms with Gasteiger partial charge in [-0.05, 0) is 52.6 Å². The summed E-state index contributed by atoms with van der Waals surface area (Å²) in [6, 6.07) is 29.2. The van der Waals surface area contributed by atoms with Crippen molar-refractivity contribution in [3.8, 4) is 5.75 Å². The van der Waals surface area contributed by atoms with Crippen molar-refractivity contribution >= 4 is 22.4 Å². The zero-order chi connectivity index (χ0) is 21.4. The van der Waals surface area contributed by atoms with Crippen LogP contribution in [0.25, 0.3) is 10.8 Å². The van der Waals surface area contributed by atoms with Gasteiger partial charge in [-0.25, -0.2) is 0 Å². The Labute approximate surface area is 182 Å².